The van der Waals surface area contributed by atoms with E-state index in [4.69, 9.17) is 5.11 Å². The van der Waals surface area contributed by atoms with Crippen LogP contribution in [0.15, 0.2) is 24.3 Å². The molecule has 1 rings (SSSR count). The Kier molecular flexibility index (Phi) is 4.28. The van der Waals surface area contributed by atoms with E-state index in [9.17, 15) is 9.18 Å². The molecule has 0 bridgehead atoms. The van der Waals surface area contributed by atoms with Gasteiger partial charge in [0.05, 0.1) is 5.92 Å². The van der Waals surface area contributed by atoms with Crippen LogP contribution in [0.5, 0.6) is 0 Å². The van der Waals surface area contributed by atoms with E-state index in [0.717, 1.165) is 12.8 Å². The number of benzene rings is 1. The zero-order valence-electron chi connectivity index (χ0n) is 8.74. The monoisotopic (exact) mass is 210 g/mol. The third-order valence-corrected chi connectivity index (χ3v) is 2.42. The maximum absolute atomic E-state index is 12.7. The Morgan fingerprint density at radius 2 is 2.00 bits per heavy atom. The molecule has 1 atom stereocenters. The van der Waals surface area contributed by atoms with Crippen molar-refractivity contribution in [3.8, 4) is 0 Å². The summed E-state index contributed by atoms with van der Waals surface area (Å²) in [5.41, 5.74) is 0.678. The van der Waals surface area contributed by atoms with Gasteiger partial charge in [0.25, 0.3) is 0 Å². The molecule has 0 fully saturated rings. The first-order valence-corrected chi connectivity index (χ1v) is 5.13. The number of carboxylic acids is 1. The van der Waals surface area contributed by atoms with Gasteiger partial charge in [-0.1, -0.05) is 31.9 Å². The van der Waals surface area contributed by atoms with Crippen LogP contribution in [0.3, 0.4) is 0 Å². The smallest absolute Gasteiger partial charge is 0.310 e. The van der Waals surface area contributed by atoms with Crippen LogP contribution in [0, 0.1) is 5.82 Å². The van der Waals surface area contributed by atoms with Gasteiger partial charge in [0.2, 0.25) is 0 Å². The van der Waals surface area contributed by atoms with Gasteiger partial charge in [-0.15, -0.1) is 0 Å². The van der Waals surface area contributed by atoms with Gasteiger partial charge in [-0.2, -0.15) is 0 Å². The predicted octanol–water partition coefficient (Wildman–Crippen LogP) is 3.18. The van der Waals surface area contributed by atoms with Gasteiger partial charge >= 0.3 is 5.97 Å². The molecule has 82 valence electrons. The summed E-state index contributed by atoms with van der Waals surface area (Å²) in [7, 11) is 0. The molecule has 0 spiro atoms. The van der Waals surface area contributed by atoms with Gasteiger partial charge in [-0.3, -0.25) is 4.79 Å². The van der Waals surface area contributed by atoms with Crippen molar-refractivity contribution in [2.45, 2.75) is 32.1 Å². The van der Waals surface area contributed by atoms with E-state index < -0.39 is 11.9 Å². The van der Waals surface area contributed by atoms with E-state index in [1.807, 2.05) is 6.92 Å². The molecule has 0 aliphatic carbocycles. The van der Waals surface area contributed by atoms with Crippen LogP contribution in [0.4, 0.5) is 4.39 Å². The van der Waals surface area contributed by atoms with Gasteiger partial charge in [-0.25, -0.2) is 4.39 Å². The fourth-order valence-electron chi connectivity index (χ4n) is 1.54. The summed E-state index contributed by atoms with van der Waals surface area (Å²) in [4.78, 5) is 11.0. The molecule has 0 heterocycles. The lowest BCUT2D eigenvalue weighted by Gasteiger charge is -2.11. The molecule has 1 N–H and O–H groups in total. The first-order chi connectivity index (χ1) is 7.15. The molecule has 0 aliphatic heterocycles. The number of rotatable bonds is 5. The van der Waals surface area contributed by atoms with Crippen LogP contribution in [-0.4, -0.2) is 11.1 Å². The fraction of sp³-hybridized carbons (Fsp3) is 0.417. The van der Waals surface area contributed by atoms with Crippen molar-refractivity contribution in [3.05, 3.63) is 35.6 Å². The number of unbranched alkanes of at least 4 members (excludes halogenated alkanes) is 1. The van der Waals surface area contributed by atoms with Gasteiger partial charge in [-0.05, 0) is 24.1 Å². The lowest BCUT2D eigenvalue weighted by atomic mass is 9.94. The highest BCUT2D eigenvalue weighted by atomic mass is 19.1. The minimum atomic E-state index is -0.838. The summed E-state index contributed by atoms with van der Waals surface area (Å²) in [6.45, 7) is 2.02. The number of hydrogen-bond acceptors (Lipinski definition) is 1. The van der Waals surface area contributed by atoms with E-state index in [0.29, 0.717) is 12.0 Å². The van der Waals surface area contributed by atoms with Crippen LogP contribution in [0.1, 0.15) is 37.7 Å². The number of halogens is 1. The molecule has 1 unspecified atom stereocenters. The highest BCUT2D eigenvalue weighted by molar-refractivity contribution is 5.75. The molecular formula is C12H15FO2. The summed E-state index contributed by atoms with van der Waals surface area (Å²) >= 11 is 0. The molecule has 1 aromatic rings. The van der Waals surface area contributed by atoms with Crippen molar-refractivity contribution in [3.63, 3.8) is 0 Å². The van der Waals surface area contributed by atoms with Crippen molar-refractivity contribution in [1.82, 2.24) is 0 Å². The highest BCUT2D eigenvalue weighted by Gasteiger charge is 2.18. The average molecular weight is 210 g/mol. The highest BCUT2D eigenvalue weighted by Crippen LogP contribution is 2.22. The van der Waals surface area contributed by atoms with E-state index in [1.54, 1.807) is 12.1 Å². The number of aliphatic carboxylic acids is 1. The SMILES string of the molecule is CCCCC(C(=O)O)c1ccc(F)cc1. The van der Waals surface area contributed by atoms with E-state index in [1.165, 1.54) is 12.1 Å². The standard InChI is InChI=1S/C12H15FO2/c1-2-3-4-11(12(14)15)9-5-7-10(13)8-6-9/h5-8,11H,2-4H2,1H3,(H,14,15). The summed E-state index contributed by atoms with van der Waals surface area (Å²) in [5, 5.41) is 9.03. The van der Waals surface area contributed by atoms with Gasteiger partial charge in [0.1, 0.15) is 5.82 Å². The van der Waals surface area contributed by atoms with Crippen molar-refractivity contribution in [2.75, 3.05) is 0 Å². The quantitative estimate of drug-likeness (QED) is 0.810. The van der Waals surface area contributed by atoms with Crippen LogP contribution in [0.25, 0.3) is 0 Å². The minimum absolute atomic E-state index is 0.335. The summed E-state index contributed by atoms with van der Waals surface area (Å²) in [5.74, 6) is -1.68. The Bertz CT molecular complexity index is 319. The van der Waals surface area contributed by atoms with Crippen LogP contribution in [-0.2, 0) is 4.79 Å². The van der Waals surface area contributed by atoms with E-state index >= 15 is 0 Å². The lowest BCUT2D eigenvalue weighted by Crippen LogP contribution is -2.11. The average Bonchev–Trinajstić information content (AvgIpc) is 2.21. The Morgan fingerprint density at radius 1 is 1.40 bits per heavy atom. The normalized spacial score (nSPS) is 12.4. The second kappa shape index (κ2) is 5.49. The van der Waals surface area contributed by atoms with Gasteiger partial charge < -0.3 is 5.11 Å². The predicted molar refractivity (Wildman–Crippen MR) is 56.3 cm³/mol. The minimum Gasteiger partial charge on any atom is -0.481 e. The zero-order chi connectivity index (χ0) is 11.3. The number of carboxylic acid groups (broad SMARTS) is 1. The molecule has 0 aliphatic rings. The van der Waals surface area contributed by atoms with Gasteiger partial charge in [0.15, 0.2) is 0 Å². The van der Waals surface area contributed by atoms with Crippen molar-refractivity contribution in [2.24, 2.45) is 0 Å². The summed E-state index contributed by atoms with van der Waals surface area (Å²) in [6, 6.07) is 5.70. The third-order valence-electron chi connectivity index (χ3n) is 2.42. The molecular weight excluding hydrogens is 195 g/mol. The number of carbonyl (C=O) groups is 1. The maximum atomic E-state index is 12.7. The second-order valence-corrected chi connectivity index (χ2v) is 3.58. The Balaban J connectivity index is 2.79. The van der Waals surface area contributed by atoms with Crippen LogP contribution >= 0.6 is 0 Å². The zero-order valence-corrected chi connectivity index (χ0v) is 8.74. The van der Waals surface area contributed by atoms with Crippen LogP contribution in [0.2, 0.25) is 0 Å². The molecule has 0 aromatic heterocycles. The van der Waals surface area contributed by atoms with Crippen molar-refractivity contribution >= 4 is 5.97 Å². The lowest BCUT2D eigenvalue weighted by molar-refractivity contribution is -0.139. The Hall–Kier alpha value is -1.38. The first-order valence-electron chi connectivity index (χ1n) is 5.13. The molecule has 0 radical (unpaired) electrons. The third kappa shape index (κ3) is 3.35. The molecule has 3 heteroatoms. The summed E-state index contributed by atoms with van der Waals surface area (Å²) < 4.78 is 12.7. The molecule has 15 heavy (non-hydrogen) atoms. The molecule has 0 saturated carbocycles. The first kappa shape index (κ1) is 11.7. The second-order valence-electron chi connectivity index (χ2n) is 3.58. The van der Waals surface area contributed by atoms with E-state index in [2.05, 4.69) is 0 Å². The maximum Gasteiger partial charge on any atom is 0.310 e. The number of hydrogen-bond donors (Lipinski definition) is 1. The largest absolute Gasteiger partial charge is 0.481 e. The molecule has 2 nitrogen and oxygen atoms in total. The molecule has 0 amide bonds. The van der Waals surface area contributed by atoms with Crippen molar-refractivity contribution in [1.29, 1.82) is 0 Å². The molecule has 1 aromatic carbocycles. The van der Waals surface area contributed by atoms with Crippen LogP contribution < -0.4 is 0 Å². The Labute approximate surface area is 88.7 Å². The molecule has 0 saturated heterocycles. The van der Waals surface area contributed by atoms with E-state index in [-0.39, 0.29) is 5.82 Å². The van der Waals surface area contributed by atoms with Gasteiger partial charge in [0, 0.05) is 0 Å². The topological polar surface area (TPSA) is 37.3 Å². The fourth-order valence-corrected chi connectivity index (χ4v) is 1.54. The summed E-state index contributed by atoms with van der Waals surface area (Å²) in [6.07, 6.45) is 2.44. The Morgan fingerprint density at radius 3 is 2.47 bits per heavy atom. The van der Waals surface area contributed by atoms with Crippen molar-refractivity contribution < 1.29 is 14.3 Å².